The third-order valence-electron chi connectivity index (χ3n) is 4.99. The highest BCUT2D eigenvalue weighted by atomic mass is 32.2. The lowest BCUT2D eigenvalue weighted by atomic mass is 10.1. The molecule has 0 radical (unpaired) electrons. The van der Waals surface area contributed by atoms with E-state index in [1.54, 1.807) is 37.3 Å². The molecule has 32 heavy (non-hydrogen) atoms. The molecule has 1 atom stereocenters. The van der Waals surface area contributed by atoms with Crippen molar-refractivity contribution in [2.75, 3.05) is 5.32 Å². The Balaban J connectivity index is 1.57. The Bertz CT molecular complexity index is 1200. The fraction of sp³-hybridized carbons (Fsp3) is 0.273. The maximum absolute atomic E-state index is 13.4. The van der Waals surface area contributed by atoms with Crippen molar-refractivity contribution >= 4 is 34.0 Å². The number of hydrogen-bond donors (Lipinski definition) is 1. The van der Waals surface area contributed by atoms with Crippen molar-refractivity contribution in [1.29, 1.82) is 5.26 Å². The van der Waals surface area contributed by atoms with Crippen LogP contribution in [-0.4, -0.2) is 21.1 Å². The molecule has 4 rings (SSSR count). The number of aryl methyl sites for hydroxylation is 1. The molecular formula is C22H17F3N4OS2. The molecule has 0 aliphatic heterocycles. The molecule has 2 aromatic heterocycles. The second kappa shape index (κ2) is 8.92. The van der Waals surface area contributed by atoms with E-state index in [1.807, 2.05) is 0 Å². The lowest BCUT2D eigenvalue weighted by Crippen LogP contribution is -2.23. The van der Waals surface area contributed by atoms with Crippen molar-refractivity contribution in [3.8, 4) is 17.3 Å². The van der Waals surface area contributed by atoms with Gasteiger partial charge in [0.2, 0.25) is 5.91 Å². The van der Waals surface area contributed by atoms with Gasteiger partial charge < -0.3 is 5.32 Å². The number of thioether (sulfide) groups is 1. The van der Waals surface area contributed by atoms with E-state index in [0.717, 1.165) is 47.5 Å². The number of halogens is 3. The number of rotatable bonds is 5. The van der Waals surface area contributed by atoms with Crippen LogP contribution < -0.4 is 5.32 Å². The maximum Gasteiger partial charge on any atom is 0.433 e. The van der Waals surface area contributed by atoms with Gasteiger partial charge in [0, 0.05) is 10.4 Å². The first-order chi connectivity index (χ1) is 15.3. The summed E-state index contributed by atoms with van der Waals surface area (Å²) in [4.78, 5) is 21.7. The zero-order chi connectivity index (χ0) is 22.9. The third kappa shape index (κ3) is 4.64. The summed E-state index contributed by atoms with van der Waals surface area (Å²) in [5, 5.41) is 11.8. The number of fused-ring (bicyclic) bond motifs is 1. The van der Waals surface area contributed by atoms with E-state index in [-0.39, 0.29) is 10.9 Å². The summed E-state index contributed by atoms with van der Waals surface area (Å²) < 4.78 is 40.2. The summed E-state index contributed by atoms with van der Waals surface area (Å²) in [5.41, 5.74) is 1.05. The quantitative estimate of drug-likeness (QED) is 0.379. The fourth-order valence-electron chi connectivity index (χ4n) is 3.42. The summed E-state index contributed by atoms with van der Waals surface area (Å²) in [6.07, 6.45) is -1.95. The Labute approximate surface area is 190 Å². The number of anilines is 1. The number of nitrogens with zero attached hydrogens (tertiary/aromatic N) is 3. The molecule has 10 heteroatoms. The average molecular weight is 475 g/mol. The minimum atomic E-state index is -4.65. The number of alkyl halides is 3. The van der Waals surface area contributed by atoms with Gasteiger partial charge in [0.1, 0.15) is 16.8 Å². The normalized spacial score (nSPS) is 14.0. The van der Waals surface area contributed by atoms with E-state index in [4.69, 9.17) is 0 Å². The van der Waals surface area contributed by atoms with Crippen LogP contribution in [-0.2, 0) is 23.8 Å². The van der Waals surface area contributed by atoms with Crippen LogP contribution in [0.3, 0.4) is 0 Å². The fourth-order valence-corrected chi connectivity index (χ4v) is 5.44. The molecule has 5 nitrogen and oxygen atoms in total. The Morgan fingerprint density at radius 1 is 1.25 bits per heavy atom. The van der Waals surface area contributed by atoms with E-state index in [0.29, 0.717) is 16.1 Å². The summed E-state index contributed by atoms with van der Waals surface area (Å²) in [7, 11) is 0. The number of benzene rings is 1. The summed E-state index contributed by atoms with van der Waals surface area (Å²) in [6, 6.07) is 11.5. The van der Waals surface area contributed by atoms with Crippen molar-refractivity contribution in [2.24, 2.45) is 0 Å². The average Bonchev–Trinajstić information content (AvgIpc) is 3.34. The predicted molar refractivity (Wildman–Crippen MR) is 117 cm³/mol. The van der Waals surface area contributed by atoms with E-state index < -0.39 is 23.0 Å². The summed E-state index contributed by atoms with van der Waals surface area (Å²) in [5.74, 6) is -0.423. The zero-order valence-electron chi connectivity index (χ0n) is 16.9. The molecule has 1 aliphatic rings. The Hall–Kier alpha value is -2.90. The number of thiophene rings is 1. The Morgan fingerprint density at radius 2 is 2.00 bits per heavy atom. The Morgan fingerprint density at radius 3 is 2.69 bits per heavy atom. The van der Waals surface area contributed by atoms with Crippen LogP contribution in [0.4, 0.5) is 18.2 Å². The highest BCUT2D eigenvalue weighted by molar-refractivity contribution is 8.00. The number of hydrogen-bond acceptors (Lipinski definition) is 6. The largest absolute Gasteiger partial charge is 0.433 e. The van der Waals surface area contributed by atoms with Crippen LogP contribution in [0.15, 0.2) is 41.6 Å². The standard InChI is InChI=1S/C22H17F3N4OS2/c1-12(19(30)29-20-15(11-26)14-8-5-9-17(14)32-20)31-21-27-16(13-6-3-2-4-7-13)10-18(28-21)22(23,24)25/h2-4,6-7,10,12H,5,8-9H2,1H3,(H,29,30)/t12-/m1/s1. The van der Waals surface area contributed by atoms with Crippen LogP contribution >= 0.6 is 23.1 Å². The second-order valence-corrected chi connectivity index (χ2v) is 9.62. The third-order valence-corrected chi connectivity index (χ3v) is 7.16. The van der Waals surface area contributed by atoms with Crippen LogP contribution in [0, 0.1) is 11.3 Å². The highest BCUT2D eigenvalue weighted by Crippen LogP contribution is 2.39. The minimum Gasteiger partial charge on any atom is -0.316 e. The molecule has 1 N–H and O–H groups in total. The molecule has 1 amide bonds. The first-order valence-corrected chi connectivity index (χ1v) is 11.5. The molecule has 0 fully saturated rings. The van der Waals surface area contributed by atoms with Crippen LogP contribution in [0.25, 0.3) is 11.3 Å². The molecule has 3 aromatic rings. The maximum atomic E-state index is 13.4. The van der Waals surface area contributed by atoms with Crippen LogP contribution in [0.5, 0.6) is 0 Å². The second-order valence-electron chi connectivity index (χ2n) is 7.21. The van der Waals surface area contributed by atoms with E-state index >= 15 is 0 Å². The van der Waals surface area contributed by atoms with E-state index in [9.17, 15) is 23.2 Å². The van der Waals surface area contributed by atoms with Gasteiger partial charge in [0.25, 0.3) is 0 Å². The molecule has 0 bridgehead atoms. The first kappa shape index (κ1) is 22.3. The van der Waals surface area contributed by atoms with Crippen molar-refractivity contribution in [1.82, 2.24) is 9.97 Å². The van der Waals surface area contributed by atoms with Crippen molar-refractivity contribution in [2.45, 2.75) is 42.8 Å². The van der Waals surface area contributed by atoms with Crippen molar-refractivity contribution in [3.05, 3.63) is 58.1 Å². The number of nitriles is 1. The molecule has 0 saturated carbocycles. The number of carbonyl (C=O) groups excluding carboxylic acids is 1. The van der Waals surface area contributed by atoms with Crippen LogP contribution in [0.1, 0.15) is 35.0 Å². The first-order valence-electron chi connectivity index (χ1n) is 9.80. The molecule has 164 valence electrons. The monoisotopic (exact) mass is 474 g/mol. The van der Waals surface area contributed by atoms with Gasteiger partial charge >= 0.3 is 6.18 Å². The smallest absolute Gasteiger partial charge is 0.316 e. The van der Waals surface area contributed by atoms with E-state index in [1.165, 1.54) is 11.3 Å². The van der Waals surface area contributed by atoms with Gasteiger partial charge in [-0.3, -0.25) is 4.79 Å². The van der Waals surface area contributed by atoms with Gasteiger partial charge in [-0.1, -0.05) is 42.1 Å². The zero-order valence-corrected chi connectivity index (χ0v) is 18.5. The molecular weight excluding hydrogens is 457 g/mol. The molecule has 2 heterocycles. The predicted octanol–water partition coefficient (Wildman–Crippen LogP) is 5.70. The number of amides is 1. The van der Waals surface area contributed by atoms with Gasteiger partial charge in [0.15, 0.2) is 5.16 Å². The molecule has 1 aromatic carbocycles. The van der Waals surface area contributed by atoms with Crippen LogP contribution in [0.2, 0.25) is 0 Å². The lowest BCUT2D eigenvalue weighted by Gasteiger charge is -2.13. The SMILES string of the molecule is C[C@@H](Sc1nc(-c2ccccc2)cc(C(F)(F)F)n1)C(=O)Nc1sc2c(c1C#N)CCC2. The highest BCUT2D eigenvalue weighted by Gasteiger charge is 2.34. The summed E-state index contributed by atoms with van der Waals surface area (Å²) in [6.45, 7) is 1.57. The lowest BCUT2D eigenvalue weighted by molar-refractivity contribution is -0.141. The molecule has 0 unspecified atom stereocenters. The van der Waals surface area contributed by atoms with Crippen molar-refractivity contribution < 1.29 is 18.0 Å². The molecule has 1 aliphatic carbocycles. The van der Waals surface area contributed by atoms with Gasteiger partial charge in [-0.25, -0.2) is 9.97 Å². The summed E-state index contributed by atoms with van der Waals surface area (Å²) >= 11 is 2.23. The van der Waals surface area contributed by atoms with Crippen molar-refractivity contribution in [3.63, 3.8) is 0 Å². The molecule has 0 saturated heterocycles. The topological polar surface area (TPSA) is 78.7 Å². The number of nitrogens with one attached hydrogen (secondary N) is 1. The number of carbonyl (C=O) groups is 1. The van der Waals surface area contributed by atoms with Gasteiger partial charge in [-0.2, -0.15) is 18.4 Å². The molecule has 0 spiro atoms. The van der Waals surface area contributed by atoms with E-state index in [2.05, 4.69) is 21.4 Å². The minimum absolute atomic E-state index is 0.129. The van der Waals surface area contributed by atoms with Gasteiger partial charge in [-0.15, -0.1) is 11.3 Å². The number of aromatic nitrogens is 2. The Kier molecular flexibility index (Phi) is 6.22. The van der Waals surface area contributed by atoms with Gasteiger partial charge in [0.05, 0.1) is 16.5 Å². The van der Waals surface area contributed by atoms with Gasteiger partial charge in [-0.05, 0) is 37.8 Å².